The number of aryl methyl sites for hydroxylation is 1. The van der Waals surface area contributed by atoms with Gasteiger partial charge in [-0.15, -0.1) is 11.3 Å². The molecule has 82 valence electrons. The predicted octanol–water partition coefficient (Wildman–Crippen LogP) is 2.84. The van der Waals surface area contributed by atoms with Crippen molar-refractivity contribution in [1.82, 2.24) is 4.98 Å². The number of nitrogens with zero attached hydrogens (tertiary/aromatic N) is 1. The molecule has 0 amide bonds. The lowest BCUT2D eigenvalue weighted by molar-refractivity contribution is 0.112. The Labute approximate surface area is 97.7 Å². The first kappa shape index (κ1) is 10.8. The highest BCUT2D eigenvalue weighted by Gasteiger charge is 2.00. The molecule has 0 unspecified atom stereocenters. The van der Waals surface area contributed by atoms with Crippen LogP contribution in [0.2, 0.25) is 0 Å². The highest BCUT2D eigenvalue weighted by molar-refractivity contribution is 7.09. The molecule has 2 rings (SSSR count). The number of carbonyl (C=O) groups is 1. The summed E-state index contributed by atoms with van der Waals surface area (Å²) in [5.41, 5.74) is 1.66. The molecule has 0 atom stereocenters. The van der Waals surface area contributed by atoms with Crippen LogP contribution < -0.4 is 4.74 Å². The average molecular weight is 233 g/mol. The molecule has 0 N–H and O–H groups in total. The maximum Gasteiger partial charge on any atom is 0.150 e. The van der Waals surface area contributed by atoms with Crippen molar-refractivity contribution in [2.75, 3.05) is 0 Å². The van der Waals surface area contributed by atoms with Gasteiger partial charge in [0.1, 0.15) is 23.7 Å². The first-order valence-electron chi connectivity index (χ1n) is 4.87. The van der Waals surface area contributed by atoms with E-state index in [2.05, 4.69) is 4.98 Å². The lowest BCUT2D eigenvalue weighted by Gasteiger charge is -2.03. The number of carbonyl (C=O) groups excluding carboxylic acids is 1. The fourth-order valence-electron chi connectivity index (χ4n) is 1.26. The molecule has 1 aromatic carbocycles. The van der Waals surface area contributed by atoms with Crippen molar-refractivity contribution < 1.29 is 9.53 Å². The lowest BCUT2D eigenvalue weighted by atomic mass is 10.2. The molecule has 0 spiro atoms. The van der Waals surface area contributed by atoms with E-state index in [-0.39, 0.29) is 0 Å². The van der Waals surface area contributed by atoms with E-state index in [0.29, 0.717) is 12.2 Å². The second-order valence-corrected chi connectivity index (χ2v) is 4.30. The monoisotopic (exact) mass is 233 g/mol. The molecule has 2 aromatic rings. The first-order valence-corrected chi connectivity index (χ1v) is 5.75. The van der Waals surface area contributed by atoms with E-state index in [1.54, 1.807) is 35.6 Å². The zero-order chi connectivity index (χ0) is 11.4. The normalized spacial score (nSPS) is 10.1. The zero-order valence-electron chi connectivity index (χ0n) is 8.84. The van der Waals surface area contributed by atoms with Gasteiger partial charge in [-0.3, -0.25) is 4.79 Å². The minimum atomic E-state index is 0.471. The van der Waals surface area contributed by atoms with Crippen LogP contribution in [0.5, 0.6) is 5.75 Å². The molecular weight excluding hydrogens is 222 g/mol. The van der Waals surface area contributed by atoms with Gasteiger partial charge in [-0.05, 0) is 31.2 Å². The molecule has 0 saturated heterocycles. The third-order valence-electron chi connectivity index (χ3n) is 2.05. The molecule has 0 aliphatic rings. The number of rotatable bonds is 4. The highest BCUT2D eigenvalue weighted by atomic mass is 32.1. The van der Waals surface area contributed by atoms with E-state index in [9.17, 15) is 4.79 Å². The summed E-state index contributed by atoms with van der Waals surface area (Å²) >= 11 is 1.58. The predicted molar refractivity (Wildman–Crippen MR) is 63.0 cm³/mol. The van der Waals surface area contributed by atoms with E-state index in [4.69, 9.17) is 4.74 Å². The summed E-state index contributed by atoms with van der Waals surface area (Å²) in [6.45, 7) is 2.43. The Morgan fingerprint density at radius 1 is 1.38 bits per heavy atom. The third kappa shape index (κ3) is 2.67. The van der Waals surface area contributed by atoms with Crippen LogP contribution in [0.3, 0.4) is 0 Å². The molecule has 0 aliphatic heterocycles. The van der Waals surface area contributed by atoms with Crippen LogP contribution in [0.25, 0.3) is 0 Å². The Kier molecular flexibility index (Phi) is 3.31. The Hall–Kier alpha value is -1.68. The minimum absolute atomic E-state index is 0.471. The van der Waals surface area contributed by atoms with Gasteiger partial charge < -0.3 is 4.74 Å². The molecule has 4 heteroatoms. The first-order chi connectivity index (χ1) is 7.78. The van der Waals surface area contributed by atoms with Crippen LogP contribution in [-0.2, 0) is 6.61 Å². The zero-order valence-corrected chi connectivity index (χ0v) is 9.66. The van der Waals surface area contributed by atoms with Crippen molar-refractivity contribution in [3.8, 4) is 5.75 Å². The standard InChI is InChI=1S/C12H11NO2S/c1-9-8-16-12(13-9)7-15-11-4-2-10(6-14)3-5-11/h2-6,8H,7H2,1H3. The second-order valence-electron chi connectivity index (χ2n) is 3.36. The van der Waals surface area contributed by atoms with Crippen molar-refractivity contribution in [3.05, 3.63) is 45.9 Å². The van der Waals surface area contributed by atoms with Crippen molar-refractivity contribution in [1.29, 1.82) is 0 Å². The Bertz CT molecular complexity index is 476. The molecule has 1 heterocycles. The molecule has 0 fully saturated rings. The maximum absolute atomic E-state index is 10.5. The van der Waals surface area contributed by atoms with Gasteiger partial charge in [0.05, 0.1) is 0 Å². The molecule has 0 saturated carbocycles. The summed E-state index contributed by atoms with van der Waals surface area (Å²) in [7, 11) is 0. The third-order valence-corrected chi connectivity index (χ3v) is 2.99. The molecule has 0 bridgehead atoms. The molecule has 3 nitrogen and oxygen atoms in total. The largest absolute Gasteiger partial charge is 0.486 e. The van der Waals surface area contributed by atoms with Crippen LogP contribution in [0.15, 0.2) is 29.6 Å². The number of ether oxygens (including phenoxy) is 1. The Morgan fingerprint density at radius 2 is 2.12 bits per heavy atom. The fourth-order valence-corrected chi connectivity index (χ4v) is 1.94. The number of hydrogen-bond donors (Lipinski definition) is 0. The summed E-state index contributed by atoms with van der Waals surface area (Å²) in [6, 6.07) is 7.03. The van der Waals surface area contributed by atoms with Crippen molar-refractivity contribution in [3.63, 3.8) is 0 Å². The van der Waals surface area contributed by atoms with Gasteiger partial charge >= 0.3 is 0 Å². The van der Waals surface area contributed by atoms with E-state index >= 15 is 0 Å². The lowest BCUT2D eigenvalue weighted by Crippen LogP contribution is -1.94. The fraction of sp³-hybridized carbons (Fsp3) is 0.167. The van der Waals surface area contributed by atoms with Crippen LogP contribution in [0.4, 0.5) is 0 Å². The second kappa shape index (κ2) is 4.90. The van der Waals surface area contributed by atoms with Gasteiger partial charge in [0.25, 0.3) is 0 Å². The number of hydrogen-bond acceptors (Lipinski definition) is 4. The van der Waals surface area contributed by atoms with Crippen molar-refractivity contribution in [2.45, 2.75) is 13.5 Å². The Balaban J connectivity index is 1.96. The highest BCUT2D eigenvalue weighted by Crippen LogP contribution is 2.15. The molecule has 0 aliphatic carbocycles. The van der Waals surface area contributed by atoms with Crippen LogP contribution in [0, 0.1) is 6.92 Å². The van der Waals surface area contributed by atoms with Gasteiger partial charge in [-0.1, -0.05) is 0 Å². The number of aldehydes is 1. The molecule has 0 radical (unpaired) electrons. The summed E-state index contributed by atoms with van der Waals surface area (Å²) in [4.78, 5) is 14.7. The van der Waals surface area contributed by atoms with Gasteiger partial charge in [-0.2, -0.15) is 0 Å². The minimum Gasteiger partial charge on any atom is -0.486 e. The average Bonchev–Trinajstić information content (AvgIpc) is 2.73. The number of benzene rings is 1. The van der Waals surface area contributed by atoms with Gasteiger partial charge in [0.15, 0.2) is 0 Å². The van der Waals surface area contributed by atoms with Crippen LogP contribution in [0.1, 0.15) is 21.1 Å². The van der Waals surface area contributed by atoms with E-state index in [1.165, 1.54) is 0 Å². The quantitative estimate of drug-likeness (QED) is 0.762. The van der Waals surface area contributed by atoms with Crippen LogP contribution >= 0.6 is 11.3 Å². The summed E-state index contributed by atoms with van der Waals surface area (Å²) in [5, 5.41) is 2.95. The summed E-state index contributed by atoms with van der Waals surface area (Å²) in [6.07, 6.45) is 0.813. The van der Waals surface area contributed by atoms with Crippen LogP contribution in [-0.4, -0.2) is 11.3 Å². The van der Waals surface area contributed by atoms with Crippen molar-refractivity contribution in [2.24, 2.45) is 0 Å². The van der Waals surface area contributed by atoms with Gasteiger partial charge in [0, 0.05) is 16.6 Å². The number of thiazole rings is 1. The van der Waals surface area contributed by atoms with E-state index in [0.717, 1.165) is 22.7 Å². The van der Waals surface area contributed by atoms with E-state index in [1.807, 2.05) is 12.3 Å². The van der Waals surface area contributed by atoms with Gasteiger partial charge in [-0.25, -0.2) is 4.98 Å². The molecule has 16 heavy (non-hydrogen) atoms. The van der Waals surface area contributed by atoms with Crippen molar-refractivity contribution >= 4 is 17.6 Å². The Morgan fingerprint density at radius 3 is 2.69 bits per heavy atom. The summed E-state index contributed by atoms with van der Waals surface area (Å²) in [5.74, 6) is 0.749. The molecule has 1 aromatic heterocycles. The smallest absolute Gasteiger partial charge is 0.150 e. The topological polar surface area (TPSA) is 39.2 Å². The summed E-state index contributed by atoms with van der Waals surface area (Å²) < 4.78 is 5.54. The van der Waals surface area contributed by atoms with Gasteiger partial charge in [0.2, 0.25) is 0 Å². The molecular formula is C12H11NO2S. The maximum atomic E-state index is 10.5. The van der Waals surface area contributed by atoms with E-state index < -0.39 is 0 Å². The number of aromatic nitrogens is 1. The SMILES string of the molecule is Cc1csc(COc2ccc(C=O)cc2)n1.